The van der Waals surface area contributed by atoms with Gasteiger partial charge in [-0.05, 0) is 0 Å². The van der Waals surface area contributed by atoms with E-state index >= 15 is 0 Å². The molecule has 6 heteroatoms. The normalized spacial score (nSPS) is 16.9. The lowest BCUT2D eigenvalue weighted by Gasteiger charge is -2.34. The molecule has 1 rings (SSSR count). The second kappa shape index (κ2) is 8.66. The van der Waals surface area contributed by atoms with Crippen molar-refractivity contribution in [2.24, 2.45) is 0 Å². The third-order valence-electron chi connectivity index (χ3n) is 3.00. The van der Waals surface area contributed by atoms with Gasteiger partial charge >= 0.3 is 11.9 Å². The molecular weight excluding hydrogens is 248 g/mol. The predicted octanol–water partition coefficient (Wildman–Crippen LogP) is -0.104. The summed E-state index contributed by atoms with van der Waals surface area (Å²) < 4.78 is 9.86. The Balaban J connectivity index is 2.06. The van der Waals surface area contributed by atoms with Gasteiger partial charge in [0.25, 0.3) is 0 Å². The van der Waals surface area contributed by atoms with E-state index in [1.807, 2.05) is 0 Å². The minimum Gasteiger partial charge on any atom is -0.465 e. The lowest BCUT2D eigenvalue weighted by molar-refractivity contribution is -0.142. The minimum atomic E-state index is -0.375. The maximum atomic E-state index is 10.9. The number of piperazine rings is 1. The van der Waals surface area contributed by atoms with Gasteiger partial charge in [-0.25, -0.2) is 4.79 Å². The number of rotatable bonds is 7. The molecule has 0 amide bonds. The standard InChI is InChI=1S/C13H22N2O4/c1-3-13(17)19-11-9-15-6-4-14(5-7-15)8-10-18-12(2)16/h3H,1,4-11H2,2H3. The minimum absolute atomic E-state index is 0.234. The first-order valence-electron chi connectivity index (χ1n) is 6.49. The molecule has 1 aliphatic heterocycles. The van der Waals surface area contributed by atoms with Gasteiger partial charge in [-0.1, -0.05) is 6.58 Å². The van der Waals surface area contributed by atoms with Crippen LogP contribution in [0.25, 0.3) is 0 Å². The van der Waals surface area contributed by atoms with Gasteiger partial charge in [-0.2, -0.15) is 0 Å². The molecule has 6 nitrogen and oxygen atoms in total. The highest BCUT2D eigenvalue weighted by molar-refractivity contribution is 5.81. The number of nitrogens with zero attached hydrogens (tertiary/aromatic N) is 2. The van der Waals surface area contributed by atoms with Crippen molar-refractivity contribution >= 4 is 11.9 Å². The Kier molecular flexibility index (Phi) is 7.14. The molecule has 0 aromatic heterocycles. The van der Waals surface area contributed by atoms with Gasteiger partial charge in [0.1, 0.15) is 13.2 Å². The number of carbonyl (C=O) groups excluding carboxylic acids is 2. The highest BCUT2D eigenvalue weighted by Crippen LogP contribution is 2.01. The zero-order valence-corrected chi connectivity index (χ0v) is 11.5. The average molecular weight is 270 g/mol. The van der Waals surface area contributed by atoms with E-state index in [1.165, 1.54) is 13.0 Å². The van der Waals surface area contributed by atoms with E-state index in [9.17, 15) is 9.59 Å². The lowest BCUT2D eigenvalue weighted by Crippen LogP contribution is -2.48. The first-order chi connectivity index (χ1) is 9.11. The van der Waals surface area contributed by atoms with Gasteiger partial charge in [-0.3, -0.25) is 14.6 Å². The van der Waals surface area contributed by atoms with E-state index in [0.717, 1.165) is 39.3 Å². The van der Waals surface area contributed by atoms with Gasteiger partial charge < -0.3 is 9.47 Å². The molecule has 1 aliphatic rings. The van der Waals surface area contributed by atoms with Crippen molar-refractivity contribution in [1.82, 2.24) is 9.80 Å². The molecule has 0 radical (unpaired) electrons. The molecule has 0 saturated carbocycles. The Morgan fingerprint density at radius 2 is 1.53 bits per heavy atom. The van der Waals surface area contributed by atoms with Crippen LogP contribution in [0, 0.1) is 0 Å². The molecule has 1 fully saturated rings. The maximum Gasteiger partial charge on any atom is 0.330 e. The molecule has 1 heterocycles. The fraction of sp³-hybridized carbons (Fsp3) is 0.692. The number of hydrogen-bond acceptors (Lipinski definition) is 6. The van der Waals surface area contributed by atoms with Crippen LogP contribution in [-0.4, -0.2) is 74.2 Å². The molecule has 0 aromatic rings. The topological polar surface area (TPSA) is 59.1 Å². The van der Waals surface area contributed by atoms with Gasteiger partial charge in [-0.15, -0.1) is 0 Å². The Labute approximate surface area is 113 Å². The highest BCUT2D eigenvalue weighted by atomic mass is 16.5. The quantitative estimate of drug-likeness (QED) is 0.475. The van der Waals surface area contributed by atoms with Crippen molar-refractivity contribution in [3.8, 4) is 0 Å². The van der Waals surface area contributed by atoms with E-state index < -0.39 is 0 Å². The van der Waals surface area contributed by atoms with Crippen molar-refractivity contribution < 1.29 is 19.1 Å². The Morgan fingerprint density at radius 1 is 1.05 bits per heavy atom. The summed E-state index contributed by atoms with van der Waals surface area (Å²) in [4.78, 5) is 26.0. The zero-order chi connectivity index (χ0) is 14.1. The lowest BCUT2D eigenvalue weighted by atomic mass is 10.3. The summed E-state index contributed by atoms with van der Waals surface area (Å²) in [7, 11) is 0. The first kappa shape index (κ1) is 15.7. The second-order valence-electron chi connectivity index (χ2n) is 4.39. The Morgan fingerprint density at radius 3 is 1.95 bits per heavy atom. The molecule has 0 spiro atoms. The highest BCUT2D eigenvalue weighted by Gasteiger charge is 2.16. The number of ether oxygens (including phenoxy) is 2. The molecule has 0 aliphatic carbocycles. The van der Waals surface area contributed by atoms with Gasteiger partial charge in [0, 0.05) is 52.3 Å². The second-order valence-corrected chi connectivity index (χ2v) is 4.39. The van der Waals surface area contributed by atoms with Gasteiger partial charge in [0.15, 0.2) is 0 Å². The van der Waals surface area contributed by atoms with Crippen molar-refractivity contribution in [3.63, 3.8) is 0 Å². The van der Waals surface area contributed by atoms with E-state index in [-0.39, 0.29) is 11.9 Å². The summed E-state index contributed by atoms with van der Waals surface area (Å²) in [5.74, 6) is -0.609. The third kappa shape index (κ3) is 6.93. The summed E-state index contributed by atoms with van der Waals surface area (Å²) in [6, 6.07) is 0. The molecule has 0 bridgehead atoms. The maximum absolute atomic E-state index is 10.9. The van der Waals surface area contributed by atoms with Crippen LogP contribution in [0.15, 0.2) is 12.7 Å². The summed E-state index contributed by atoms with van der Waals surface area (Å²) in [6.45, 7) is 10.9. The van der Waals surface area contributed by atoms with Crippen molar-refractivity contribution in [2.75, 3.05) is 52.5 Å². The van der Waals surface area contributed by atoms with Crippen LogP contribution in [0.1, 0.15) is 6.92 Å². The van der Waals surface area contributed by atoms with Gasteiger partial charge in [0.05, 0.1) is 0 Å². The largest absolute Gasteiger partial charge is 0.465 e. The Hall–Kier alpha value is -1.40. The molecule has 1 saturated heterocycles. The van der Waals surface area contributed by atoms with E-state index in [4.69, 9.17) is 9.47 Å². The van der Waals surface area contributed by atoms with Crippen LogP contribution < -0.4 is 0 Å². The summed E-state index contributed by atoms with van der Waals surface area (Å²) in [5, 5.41) is 0. The molecule has 108 valence electrons. The molecule has 0 aromatic carbocycles. The number of hydrogen-bond donors (Lipinski definition) is 0. The first-order valence-corrected chi connectivity index (χ1v) is 6.49. The molecule has 0 unspecified atom stereocenters. The van der Waals surface area contributed by atoms with Crippen LogP contribution in [-0.2, 0) is 19.1 Å². The van der Waals surface area contributed by atoms with Crippen molar-refractivity contribution in [3.05, 3.63) is 12.7 Å². The van der Waals surface area contributed by atoms with E-state index in [0.29, 0.717) is 13.2 Å². The summed E-state index contributed by atoms with van der Waals surface area (Å²) in [6.07, 6.45) is 1.17. The van der Waals surface area contributed by atoms with Crippen LogP contribution in [0.2, 0.25) is 0 Å². The summed E-state index contributed by atoms with van der Waals surface area (Å²) in [5.41, 5.74) is 0. The number of carbonyl (C=O) groups is 2. The Bertz CT molecular complexity index is 312. The van der Waals surface area contributed by atoms with Crippen LogP contribution in [0.5, 0.6) is 0 Å². The van der Waals surface area contributed by atoms with Crippen LogP contribution in [0.3, 0.4) is 0 Å². The molecule has 19 heavy (non-hydrogen) atoms. The predicted molar refractivity (Wildman–Crippen MR) is 70.7 cm³/mol. The SMILES string of the molecule is C=CC(=O)OCCN1CCN(CCOC(C)=O)CC1. The van der Waals surface area contributed by atoms with E-state index in [1.54, 1.807) is 0 Å². The summed E-state index contributed by atoms with van der Waals surface area (Å²) >= 11 is 0. The van der Waals surface area contributed by atoms with Gasteiger partial charge in [0.2, 0.25) is 0 Å². The molecular formula is C13H22N2O4. The third-order valence-corrected chi connectivity index (χ3v) is 3.00. The molecule has 0 N–H and O–H groups in total. The molecule has 0 atom stereocenters. The fourth-order valence-electron chi connectivity index (χ4n) is 1.89. The van der Waals surface area contributed by atoms with Crippen LogP contribution >= 0.6 is 0 Å². The van der Waals surface area contributed by atoms with E-state index in [2.05, 4.69) is 16.4 Å². The monoisotopic (exact) mass is 270 g/mol. The fourth-order valence-corrected chi connectivity index (χ4v) is 1.89. The van der Waals surface area contributed by atoms with Crippen molar-refractivity contribution in [1.29, 1.82) is 0 Å². The smallest absolute Gasteiger partial charge is 0.330 e. The van der Waals surface area contributed by atoms with Crippen LogP contribution in [0.4, 0.5) is 0 Å². The zero-order valence-electron chi connectivity index (χ0n) is 11.5. The van der Waals surface area contributed by atoms with Crippen molar-refractivity contribution in [2.45, 2.75) is 6.92 Å². The number of esters is 2. The average Bonchev–Trinajstić information content (AvgIpc) is 2.40.